The molecule has 0 radical (unpaired) electrons. The first-order chi connectivity index (χ1) is 12.9. The molecule has 0 aliphatic carbocycles. The van der Waals surface area contributed by atoms with Crippen molar-refractivity contribution in [3.8, 4) is 5.75 Å². The number of sulfonamides is 1. The molecule has 2 heterocycles. The number of para-hydroxylation sites is 2. The van der Waals surface area contributed by atoms with Crippen LogP contribution in [-0.2, 0) is 20.6 Å². The highest BCUT2D eigenvalue weighted by molar-refractivity contribution is 7.98. The van der Waals surface area contributed by atoms with Gasteiger partial charge in [-0.2, -0.15) is 11.8 Å². The molecule has 1 atom stereocenters. The third-order valence-corrected chi connectivity index (χ3v) is 6.22. The van der Waals surface area contributed by atoms with Crippen LogP contribution in [0.1, 0.15) is 12.2 Å². The van der Waals surface area contributed by atoms with Gasteiger partial charge in [-0.15, -0.1) is 0 Å². The highest BCUT2D eigenvalue weighted by atomic mass is 32.2. The quantitative estimate of drug-likeness (QED) is 0.705. The Kier molecular flexibility index (Phi) is 6.33. The number of amides is 1. The molecule has 1 aliphatic rings. The van der Waals surface area contributed by atoms with Crippen LogP contribution in [-0.4, -0.2) is 45.5 Å². The lowest BCUT2D eigenvalue weighted by molar-refractivity contribution is -0.127. The van der Waals surface area contributed by atoms with E-state index in [1.165, 1.54) is 4.31 Å². The number of nitrogens with zero attached hydrogens (tertiary/aromatic N) is 1. The van der Waals surface area contributed by atoms with Crippen LogP contribution in [0.15, 0.2) is 47.1 Å². The van der Waals surface area contributed by atoms with Crippen LogP contribution in [0, 0.1) is 0 Å². The van der Waals surface area contributed by atoms with Gasteiger partial charge in [0, 0.05) is 25.3 Å². The Hall–Kier alpha value is -2.13. The summed E-state index contributed by atoms with van der Waals surface area (Å²) in [6.07, 6.45) is 2.35. The first kappa shape index (κ1) is 19.6. The van der Waals surface area contributed by atoms with Crippen molar-refractivity contribution in [2.45, 2.75) is 18.3 Å². The summed E-state index contributed by atoms with van der Waals surface area (Å²) in [5, 5.41) is 2.86. The van der Waals surface area contributed by atoms with Gasteiger partial charge in [0.15, 0.2) is 6.10 Å². The van der Waals surface area contributed by atoms with Crippen LogP contribution >= 0.6 is 11.8 Å². The maximum Gasteiger partial charge on any atom is 0.261 e. The molecule has 9 heteroatoms. The Labute approximate surface area is 163 Å². The van der Waals surface area contributed by atoms with Gasteiger partial charge in [0.25, 0.3) is 5.91 Å². The minimum Gasteiger partial charge on any atom is -0.478 e. The number of anilines is 1. The van der Waals surface area contributed by atoms with Crippen molar-refractivity contribution >= 4 is 33.4 Å². The van der Waals surface area contributed by atoms with Crippen molar-refractivity contribution < 1.29 is 22.4 Å². The average Bonchev–Trinajstić information content (AvgIpc) is 3.05. The second kappa shape index (κ2) is 8.71. The lowest BCUT2D eigenvalue weighted by Gasteiger charge is -2.20. The highest BCUT2D eigenvalue weighted by Crippen LogP contribution is 2.33. The summed E-state index contributed by atoms with van der Waals surface area (Å²) < 4.78 is 36.5. The third-order valence-electron chi connectivity index (χ3n) is 4.06. The summed E-state index contributed by atoms with van der Waals surface area (Å²) in [6.45, 7) is 0.697. The Morgan fingerprint density at radius 3 is 2.85 bits per heavy atom. The fraction of sp³-hybridized carbons (Fsp3) is 0.389. The predicted octanol–water partition coefficient (Wildman–Crippen LogP) is 2.25. The number of carbonyl (C=O) groups excluding carboxylic acids is 1. The molecule has 0 fully saturated rings. The maximum absolute atomic E-state index is 12.5. The molecule has 7 nitrogen and oxygen atoms in total. The molecule has 1 N–H and O–H groups in total. The normalized spacial score (nSPS) is 16.9. The van der Waals surface area contributed by atoms with Crippen LogP contribution in [0.25, 0.3) is 0 Å². The second-order valence-corrected chi connectivity index (χ2v) is 9.13. The summed E-state index contributed by atoms with van der Waals surface area (Å²) in [7, 11) is -3.45. The Morgan fingerprint density at radius 1 is 1.30 bits per heavy atom. The van der Waals surface area contributed by atoms with Crippen LogP contribution < -0.4 is 14.4 Å². The van der Waals surface area contributed by atoms with Gasteiger partial charge in [-0.25, -0.2) is 8.42 Å². The van der Waals surface area contributed by atoms with Gasteiger partial charge >= 0.3 is 0 Å². The zero-order valence-corrected chi connectivity index (χ0v) is 16.6. The first-order valence-electron chi connectivity index (χ1n) is 8.56. The van der Waals surface area contributed by atoms with Gasteiger partial charge in [-0.05, 0) is 24.3 Å². The number of ether oxygens (including phenoxy) is 1. The Bertz CT molecular complexity index is 868. The van der Waals surface area contributed by atoms with E-state index in [2.05, 4.69) is 5.32 Å². The third kappa shape index (κ3) is 5.20. The predicted molar refractivity (Wildman–Crippen MR) is 106 cm³/mol. The maximum atomic E-state index is 12.5. The monoisotopic (exact) mass is 410 g/mol. The molecule has 0 saturated heterocycles. The number of nitrogens with one attached hydrogen (secondary N) is 1. The molecule has 0 bridgehead atoms. The molecule has 1 amide bonds. The van der Waals surface area contributed by atoms with Crippen molar-refractivity contribution in [3.05, 3.63) is 48.4 Å². The lowest BCUT2D eigenvalue weighted by atomic mass is 10.2. The minimum atomic E-state index is -3.45. The molecule has 1 aromatic heterocycles. The molecule has 1 aliphatic heterocycles. The Morgan fingerprint density at radius 2 is 2.11 bits per heavy atom. The van der Waals surface area contributed by atoms with E-state index in [4.69, 9.17) is 9.15 Å². The topological polar surface area (TPSA) is 88.9 Å². The summed E-state index contributed by atoms with van der Waals surface area (Å²) in [6, 6.07) is 10.6. The van der Waals surface area contributed by atoms with Crippen molar-refractivity contribution in [1.82, 2.24) is 5.32 Å². The van der Waals surface area contributed by atoms with Crippen molar-refractivity contribution in [1.29, 1.82) is 0 Å². The van der Waals surface area contributed by atoms with Crippen LogP contribution in [0.2, 0.25) is 0 Å². The number of thioether (sulfide) groups is 1. The number of hydrogen-bond acceptors (Lipinski definition) is 6. The van der Waals surface area contributed by atoms with E-state index < -0.39 is 16.1 Å². The molecular weight excluding hydrogens is 388 g/mol. The SMILES string of the molecule is CS(=O)(=O)N1CC[C@@H](C(=O)NCCSCc2ccco2)Oc2ccccc21. The molecule has 0 saturated carbocycles. The van der Waals surface area contributed by atoms with E-state index in [1.54, 1.807) is 42.3 Å². The van der Waals surface area contributed by atoms with Crippen molar-refractivity contribution in [3.63, 3.8) is 0 Å². The van der Waals surface area contributed by atoms with E-state index in [1.807, 2.05) is 12.1 Å². The summed E-state index contributed by atoms with van der Waals surface area (Å²) >= 11 is 1.66. The standard InChI is InChI=1S/C18H22N2O5S2/c1-27(22,23)20-10-8-17(25-16-7-3-2-6-15(16)20)18(21)19-9-12-26-13-14-5-4-11-24-14/h2-7,11,17H,8-10,12-13H2,1H3,(H,19,21)/t17-/m0/s1. The molecule has 0 spiro atoms. The number of carbonyl (C=O) groups is 1. The average molecular weight is 411 g/mol. The van der Waals surface area contributed by atoms with Crippen LogP contribution in [0.4, 0.5) is 5.69 Å². The number of hydrogen-bond donors (Lipinski definition) is 1. The molecule has 0 unspecified atom stereocenters. The number of fused-ring (bicyclic) bond motifs is 1. The molecular formula is C18H22N2O5S2. The fourth-order valence-corrected chi connectivity index (χ4v) is 4.49. The lowest BCUT2D eigenvalue weighted by Crippen LogP contribution is -2.40. The minimum absolute atomic E-state index is 0.196. The summed E-state index contributed by atoms with van der Waals surface area (Å²) in [5.41, 5.74) is 0.462. The van der Waals surface area contributed by atoms with Gasteiger partial charge < -0.3 is 14.5 Å². The van der Waals surface area contributed by atoms with Gasteiger partial charge in [-0.3, -0.25) is 9.10 Å². The number of rotatable bonds is 7. The highest BCUT2D eigenvalue weighted by Gasteiger charge is 2.30. The van der Waals surface area contributed by atoms with Crippen LogP contribution in [0.3, 0.4) is 0 Å². The summed E-state index contributed by atoms with van der Waals surface area (Å²) in [5.74, 6) is 2.55. The van der Waals surface area contributed by atoms with Crippen molar-refractivity contribution in [2.24, 2.45) is 0 Å². The van der Waals surface area contributed by atoms with E-state index in [0.717, 1.165) is 23.5 Å². The van der Waals surface area contributed by atoms with E-state index in [0.29, 0.717) is 18.0 Å². The second-order valence-electron chi connectivity index (χ2n) is 6.12. The fourth-order valence-electron chi connectivity index (χ4n) is 2.79. The molecule has 1 aromatic carbocycles. The van der Waals surface area contributed by atoms with Crippen LogP contribution in [0.5, 0.6) is 5.75 Å². The smallest absolute Gasteiger partial charge is 0.261 e. The molecule has 3 rings (SSSR count). The van der Waals surface area contributed by atoms with E-state index in [9.17, 15) is 13.2 Å². The largest absolute Gasteiger partial charge is 0.478 e. The number of furan rings is 1. The van der Waals surface area contributed by atoms with Crippen molar-refractivity contribution in [2.75, 3.05) is 29.4 Å². The van der Waals surface area contributed by atoms with Gasteiger partial charge in [0.1, 0.15) is 11.5 Å². The Balaban J connectivity index is 1.55. The van der Waals surface area contributed by atoms with Gasteiger partial charge in [-0.1, -0.05) is 12.1 Å². The van der Waals surface area contributed by atoms with E-state index in [-0.39, 0.29) is 18.9 Å². The van der Waals surface area contributed by atoms with E-state index >= 15 is 0 Å². The molecule has 27 heavy (non-hydrogen) atoms. The van der Waals surface area contributed by atoms with Gasteiger partial charge in [0.05, 0.1) is 24.0 Å². The zero-order chi connectivity index (χ0) is 19.3. The molecule has 146 valence electrons. The molecule has 2 aromatic rings. The van der Waals surface area contributed by atoms with Gasteiger partial charge in [0.2, 0.25) is 10.0 Å². The first-order valence-corrected chi connectivity index (χ1v) is 11.6. The zero-order valence-electron chi connectivity index (χ0n) is 15.0. The summed E-state index contributed by atoms with van der Waals surface area (Å²) in [4.78, 5) is 12.5. The number of benzene rings is 1.